The smallest absolute Gasteiger partial charge is 0.335 e. The number of nitrogens with zero attached hydrogens (tertiary/aromatic N) is 1. The van der Waals surface area contributed by atoms with Crippen LogP contribution in [0.2, 0.25) is 0 Å². The number of amides is 1. The predicted octanol–water partition coefficient (Wildman–Crippen LogP) is 3.88. The molecule has 0 atom stereocenters. The summed E-state index contributed by atoms with van der Waals surface area (Å²) >= 11 is 0. The lowest BCUT2D eigenvalue weighted by molar-refractivity contribution is 0.0649. The van der Waals surface area contributed by atoms with Crippen LogP contribution in [0.5, 0.6) is 17.2 Å². The molecule has 0 saturated carbocycles. The summed E-state index contributed by atoms with van der Waals surface area (Å²) in [5.41, 5.74) is 0.439. The normalized spacial score (nSPS) is 16.8. The highest BCUT2D eigenvalue weighted by Gasteiger charge is 2.34. The first-order valence-electron chi connectivity index (χ1n) is 9.09. The van der Waals surface area contributed by atoms with E-state index in [0.717, 1.165) is 12.5 Å². The molecule has 4 rings (SSSR count). The Bertz CT molecular complexity index is 981. The summed E-state index contributed by atoms with van der Waals surface area (Å²) in [6, 6.07) is 6.87. The number of carbonyl (C=O) groups excluding carboxylic acids is 1. The van der Waals surface area contributed by atoms with Gasteiger partial charge < -0.3 is 19.5 Å². The second-order valence-corrected chi connectivity index (χ2v) is 7.69. The average Bonchev–Trinajstić information content (AvgIpc) is 2.89. The second kappa shape index (κ2) is 6.51. The number of carbonyl (C=O) groups is 2. The van der Waals surface area contributed by atoms with Gasteiger partial charge in [-0.3, -0.25) is 4.79 Å². The molecule has 28 heavy (non-hydrogen) atoms. The Morgan fingerprint density at radius 2 is 1.89 bits per heavy atom. The summed E-state index contributed by atoms with van der Waals surface area (Å²) in [6.45, 7) is 5.13. The second-order valence-electron chi connectivity index (χ2n) is 7.69. The summed E-state index contributed by atoms with van der Waals surface area (Å²) in [5, 5.41) is 9.34. The molecule has 0 aliphatic carbocycles. The van der Waals surface area contributed by atoms with E-state index in [2.05, 4.69) is 0 Å². The van der Waals surface area contributed by atoms with Gasteiger partial charge in [-0.25, -0.2) is 9.18 Å². The van der Waals surface area contributed by atoms with Gasteiger partial charge in [-0.15, -0.1) is 0 Å². The van der Waals surface area contributed by atoms with E-state index >= 15 is 0 Å². The van der Waals surface area contributed by atoms with Crippen molar-refractivity contribution in [2.24, 2.45) is 0 Å². The van der Waals surface area contributed by atoms with E-state index in [0.29, 0.717) is 30.8 Å². The molecule has 0 radical (unpaired) electrons. The van der Waals surface area contributed by atoms with E-state index in [4.69, 9.17) is 9.47 Å². The van der Waals surface area contributed by atoms with Gasteiger partial charge in [0.1, 0.15) is 17.1 Å². The van der Waals surface area contributed by atoms with E-state index in [9.17, 15) is 19.1 Å². The molecule has 1 N–H and O–H groups in total. The molecule has 146 valence electrons. The van der Waals surface area contributed by atoms with Crippen molar-refractivity contribution in [2.75, 3.05) is 13.1 Å². The van der Waals surface area contributed by atoms with Crippen molar-refractivity contribution in [3.63, 3.8) is 0 Å². The van der Waals surface area contributed by atoms with Crippen molar-refractivity contribution in [1.29, 1.82) is 0 Å². The number of carboxylic acids is 1. The third-order valence-electron chi connectivity index (χ3n) is 4.95. The zero-order valence-corrected chi connectivity index (χ0v) is 15.6. The summed E-state index contributed by atoms with van der Waals surface area (Å²) < 4.78 is 26.1. The van der Waals surface area contributed by atoms with Gasteiger partial charge in [0.25, 0.3) is 5.91 Å². The minimum Gasteiger partial charge on any atom is -0.487 e. The van der Waals surface area contributed by atoms with E-state index in [-0.39, 0.29) is 28.5 Å². The van der Waals surface area contributed by atoms with Gasteiger partial charge in [-0.05, 0) is 50.6 Å². The molecule has 1 saturated heterocycles. The molecule has 0 aromatic heterocycles. The van der Waals surface area contributed by atoms with Crippen LogP contribution in [0, 0.1) is 5.82 Å². The predicted molar refractivity (Wildman–Crippen MR) is 98.8 cm³/mol. The fourth-order valence-electron chi connectivity index (χ4n) is 3.40. The number of hydrogen-bond acceptors (Lipinski definition) is 4. The summed E-state index contributed by atoms with van der Waals surface area (Å²) in [5.74, 6) is -1.43. The van der Waals surface area contributed by atoms with Crippen molar-refractivity contribution in [2.45, 2.75) is 32.3 Å². The highest BCUT2D eigenvalue weighted by Crippen LogP contribution is 2.43. The summed E-state index contributed by atoms with van der Waals surface area (Å²) in [7, 11) is 0. The van der Waals surface area contributed by atoms with E-state index in [1.807, 2.05) is 13.8 Å². The Balaban J connectivity index is 1.66. The number of ether oxygens (including phenoxy) is 2. The van der Waals surface area contributed by atoms with Gasteiger partial charge in [0, 0.05) is 30.6 Å². The van der Waals surface area contributed by atoms with Gasteiger partial charge >= 0.3 is 5.97 Å². The van der Waals surface area contributed by atoms with Crippen molar-refractivity contribution >= 4 is 11.9 Å². The zero-order valence-electron chi connectivity index (χ0n) is 15.6. The third-order valence-corrected chi connectivity index (χ3v) is 4.95. The van der Waals surface area contributed by atoms with Crippen LogP contribution in [-0.4, -0.2) is 40.6 Å². The first kappa shape index (κ1) is 18.3. The largest absolute Gasteiger partial charge is 0.487 e. The summed E-state index contributed by atoms with van der Waals surface area (Å²) in [4.78, 5) is 25.3. The molecule has 0 spiro atoms. The van der Waals surface area contributed by atoms with Crippen molar-refractivity contribution < 1.29 is 28.6 Å². The van der Waals surface area contributed by atoms with Crippen LogP contribution in [0.3, 0.4) is 0 Å². The Hall–Kier alpha value is -3.09. The van der Waals surface area contributed by atoms with Gasteiger partial charge in [0.05, 0.1) is 5.56 Å². The molecule has 0 bridgehead atoms. The number of carboxylic acid groups (broad SMARTS) is 1. The number of halogens is 1. The SMILES string of the molecule is CC1(C)Cc2c(Oc3ccc(C(=O)N4CCC4)cc3F)cc(C(=O)O)cc2O1. The van der Waals surface area contributed by atoms with Crippen LogP contribution in [0.25, 0.3) is 0 Å². The molecule has 1 fully saturated rings. The number of hydrogen-bond donors (Lipinski definition) is 1. The highest BCUT2D eigenvalue weighted by molar-refractivity contribution is 5.94. The third kappa shape index (κ3) is 3.28. The molecule has 0 unspecified atom stereocenters. The van der Waals surface area contributed by atoms with Crippen LogP contribution in [0.15, 0.2) is 30.3 Å². The van der Waals surface area contributed by atoms with Gasteiger partial charge in [0.15, 0.2) is 11.6 Å². The molecule has 7 heteroatoms. The average molecular weight is 385 g/mol. The number of rotatable bonds is 4. The number of fused-ring (bicyclic) bond motifs is 1. The molecule has 2 aromatic carbocycles. The number of likely N-dealkylation sites (tertiary alicyclic amines) is 1. The lowest BCUT2D eigenvalue weighted by Gasteiger charge is -2.30. The van der Waals surface area contributed by atoms with E-state index < -0.39 is 17.4 Å². The Labute approximate surface area is 161 Å². The van der Waals surface area contributed by atoms with Crippen molar-refractivity contribution in [3.8, 4) is 17.2 Å². The monoisotopic (exact) mass is 385 g/mol. The lowest BCUT2D eigenvalue weighted by Crippen LogP contribution is -2.42. The first-order chi connectivity index (χ1) is 13.2. The minimum atomic E-state index is -1.13. The van der Waals surface area contributed by atoms with Crippen LogP contribution in [-0.2, 0) is 6.42 Å². The number of benzene rings is 2. The van der Waals surface area contributed by atoms with Crippen molar-refractivity contribution in [3.05, 3.63) is 52.8 Å². The Morgan fingerprint density at radius 1 is 1.14 bits per heavy atom. The van der Waals surface area contributed by atoms with E-state index in [1.54, 1.807) is 4.90 Å². The molecular weight excluding hydrogens is 365 g/mol. The maximum Gasteiger partial charge on any atom is 0.335 e. The van der Waals surface area contributed by atoms with Gasteiger partial charge in [-0.1, -0.05) is 0 Å². The van der Waals surface area contributed by atoms with Gasteiger partial charge in [0.2, 0.25) is 0 Å². The molecule has 6 nitrogen and oxygen atoms in total. The fraction of sp³-hybridized carbons (Fsp3) is 0.333. The zero-order chi connectivity index (χ0) is 20.1. The minimum absolute atomic E-state index is 0.00330. The molecular formula is C21H20FNO5. The van der Waals surface area contributed by atoms with Crippen molar-refractivity contribution in [1.82, 2.24) is 4.90 Å². The van der Waals surface area contributed by atoms with Crippen LogP contribution in [0.4, 0.5) is 4.39 Å². The number of aromatic carboxylic acids is 1. The standard InChI is InChI=1S/C21H20FNO5/c1-21(2)11-14-17(9-13(20(25)26)10-18(14)28-21)27-16-5-4-12(8-15(16)22)19(24)23-6-3-7-23/h4-5,8-10H,3,6-7,11H2,1-2H3,(H,25,26). The molecule has 2 aliphatic rings. The maximum absolute atomic E-state index is 14.6. The maximum atomic E-state index is 14.6. The molecule has 2 aliphatic heterocycles. The molecule has 2 heterocycles. The Kier molecular flexibility index (Phi) is 4.25. The van der Waals surface area contributed by atoms with Crippen LogP contribution >= 0.6 is 0 Å². The quantitative estimate of drug-likeness (QED) is 0.865. The Morgan fingerprint density at radius 3 is 2.50 bits per heavy atom. The topological polar surface area (TPSA) is 76.1 Å². The van der Waals surface area contributed by atoms with Crippen LogP contribution in [0.1, 0.15) is 46.5 Å². The highest BCUT2D eigenvalue weighted by atomic mass is 19.1. The lowest BCUT2D eigenvalue weighted by atomic mass is 10.00. The summed E-state index contributed by atoms with van der Waals surface area (Å²) in [6.07, 6.45) is 1.46. The van der Waals surface area contributed by atoms with Crippen LogP contribution < -0.4 is 9.47 Å². The van der Waals surface area contributed by atoms with Gasteiger partial charge in [-0.2, -0.15) is 0 Å². The first-order valence-corrected chi connectivity index (χ1v) is 9.09. The fourth-order valence-corrected chi connectivity index (χ4v) is 3.40. The molecule has 1 amide bonds. The van der Waals surface area contributed by atoms with E-state index in [1.165, 1.54) is 24.3 Å². The molecule has 2 aromatic rings.